The fraction of sp³-hybridized carbons (Fsp3) is 0.255. The number of thiophene rings is 1. The standard InChI is InChI=1S/C47H44ClFN6O6S/c1-29-36(11-12-39(43(29)48)59-22-21-55-19-17-54(2)18-20-55)41-42-38(14-16-52-46(42)62-44(41)31-7-9-34(49)10-8-31)61-40(47(57)58)24-32-5-3-4-6-37(32)60-28-35-13-15-51-45(53-35)33-23-30(27-56)25-50-26-33/h3-16,23,25-26,40,56H,17-22,24,27-28H2,1-2H3,(H,57,58). The van der Waals surface area contributed by atoms with Crippen molar-refractivity contribution in [3.05, 3.63) is 137 Å². The van der Waals surface area contributed by atoms with Gasteiger partial charge in [-0.15, -0.1) is 11.3 Å². The number of carbonyl (C=O) groups is 1. The third-order valence-electron chi connectivity index (χ3n) is 10.8. The Labute approximate surface area is 367 Å². The summed E-state index contributed by atoms with van der Waals surface area (Å²) in [7, 11) is 2.13. The molecule has 7 aromatic rings. The molecule has 0 aliphatic carbocycles. The first-order chi connectivity index (χ1) is 30.1. The molecule has 4 aromatic heterocycles. The molecule has 5 heterocycles. The minimum Gasteiger partial charge on any atom is -0.491 e. The average molecular weight is 875 g/mol. The van der Waals surface area contributed by atoms with Crippen molar-refractivity contribution in [1.82, 2.24) is 29.7 Å². The molecule has 1 saturated heterocycles. The van der Waals surface area contributed by atoms with Gasteiger partial charge in [0.05, 0.1) is 22.7 Å². The largest absolute Gasteiger partial charge is 0.491 e. The number of nitrogens with zero attached hydrogens (tertiary/aromatic N) is 6. The van der Waals surface area contributed by atoms with Gasteiger partial charge in [0, 0.05) is 79.9 Å². The maximum absolute atomic E-state index is 14.2. The molecule has 0 amide bonds. The molecule has 0 spiro atoms. The number of carboxylic acid groups (broad SMARTS) is 1. The first-order valence-electron chi connectivity index (χ1n) is 20.1. The van der Waals surface area contributed by atoms with Crippen LogP contribution in [0.5, 0.6) is 17.2 Å². The van der Waals surface area contributed by atoms with Crippen molar-refractivity contribution in [3.63, 3.8) is 0 Å². The maximum atomic E-state index is 14.2. The number of aliphatic hydroxyl groups is 1. The van der Waals surface area contributed by atoms with Gasteiger partial charge >= 0.3 is 5.97 Å². The molecule has 0 bridgehead atoms. The Kier molecular flexibility index (Phi) is 13.3. The summed E-state index contributed by atoms with van der Waals surface area (Å²) >= 11 is 8.46. The molecular weight excluding hydrogens is 831 g/mol. The lowest BCUT2D eigenvalue weighted by Crippen LogP contribution is -2.45. The van der Waals surface area contributed by atoms with E-state index >= 15 is 0 Å². The molecule has 1 atom stereocenters. The van der Waals surface area contributed by atoms with E-state index in [2.05, 4.69) is 31.8 Å². The Balaban J connectivity index is 1.08. The van der Waals surface area contributed by atoms with Crippen molar-refractivity contribution < 1.29 is 33.6 Å². The minimum absolute atomic E-state index is 0.0285. The lowest BCUT2D eigenvalue weighted by atomic mass is 9.95. The van der Waals surface area contributed by atoms with Gasteiger partial charge in [-0.05, 0) is 84.3 Å². The van der Waals surface area contributed by atoms with Crippen LogP contribution in [-0.2, 0) is 24.4 Å². The molecule has 0 radical (unpaired) electrons. The lowest BCUT2D eigenvalue weighted by molar-refractivity contribution is -0.145. The van der Waals surface area contributed by atoms with E-state index in [0.717, 1.165) is 59.9 Å². The first kappa shape index (κ1) is 42.7. The molecular formula is C47H44ClFN6O6S. The smallest absolute Gasteiger partial charge is 0.345 e. The molecule has 15 heteroatoms. The average Bonchev–Trinajstić information content (AvgIpc) is 3.68. The number of para-hydroxylation sites is 1. The summed E-state index contributed by atoms with van der Waals surface area (Å²) in [6, 6.07) is 22.4. The highest BCUT2D eigenvalue weighted by Gasteiger charge is 2.28. The zero-order valence-electron chi connectivity index (χ0n) is 34.1. The highest BCUT2D eigenvalue weighted by atomic mass is 35.5. The van der Waals surface area contributed by atoms with Gasteiger partial charge in [0.1, 0.15) is 41.1 Å². The number of rotatable bonds is 16. The van der Waals surface area contributed by atoms with Crippen LogP contribution in [0.1, 0.15) is 22.4 Å². The number of carboxylic acids is 1. The SMILES string of the molecule is Cc1c(-c2c(-c3ccc(F)cc3)sc3nccc(OC(Cc4ccccc4OCc4ccnc(-c5cncc(CO)c5)n4)C(=O)O)c23)ccc(OCCN2CCN(C)CC2)c1Cl. The number of hydrogen-bond donors (Lipinski definition) is 2. The molecule has 12 nitrogen and oxygen atoms in total. The number of halogens is 2. The number of benzene rings is 3. The van der Waals surface area contributed by atoms with Crippen molar-refractivity contribution in [3.8, 4) is 50.2 Å². The van der Waals surface area contributed by atoms with Gasteiger partial charge in [0.15, 0.2) is 11.9 Å². The van der Waals surface area contributed by atoms with E-state index in [9.17, 15) is 19.4 Å². The number of likely N-dealkylation sites (N-methyl/N-ethyl adjacent to an activating group) is 1. The summed E-state index contributed by atoms with van der Waals surface area (Å²) in [6.07, 6.45) is 5.05. The third kappa shape index (κ3) is 9.70. The van der Waals surface area contributed by atoms with E-state index in [-0.39, 0.29) is 25.5 Å². The van der Waals surface area contributed by atoms with E-state index in [1.807, 2.05) is 31.2 Å². The lowest BCUT2D eigenvalue weighted by Gasteiger charge is -2.32. The molecule has 62 heavy (non-hydrogen) atoms. The number of ether oxygens (including phenoxy) is 3. The van der Waals surface area contributed by atoms with E-state index in [1.165, 1.54) is 23.5 Å². The van der Waals surface area contributed by atoms with Crippen molar-refractivity contribution >= 4 is 39.1 Å². The van der Waals surface area contributed by atoms with Crippen LogP contribution >= 0.6 is 22.9 Å². The Morgan fingerprint density at radius 1 is 0.919 bits per heavy atom. The monoisotopic (exact) mass is 874 g/mol. The van der Waals surface area contributed by atoms with Gasteiger partial charge in [-0.2, -0.15) is 0 Å². The topological polar surface area (TPSA) is 143 Å². The van der Waals surface area contributed by atoms with Crippen molar-refractivity contribution in [2.24, 2.45) is 0 Å². The Bertz CT molecular complexity index is 2690. The second kappa shape index (κ2) is 19.3. The molecule has 1 aliphatic rings. The highest BCUT2D eigenvalue weighted by molar-refractivity contribution is 7.22. The van der Waals surface area contributed by atoms with Gasteiger partial charge in [-0.3, -0.25) is 9.88 Å². The zero-order valence-corrected chi connectivity index (χ0v) is 35.7. The Hall–Kier alpha value is -6.03. The first-order valence-corrected chi connectivity index (χ1v) is 21.3. The van der Waals surface area contributed by atoms with Crippen molar-refractivity contribution in [1.29, 1.82) is 0 Å². The van der Waals surface area contributed by atoms with Crippen molar-refractivity contribution in [2.45, 2.75) is 32.7 Å². The third-order valence-corrected chi connectivity index (χ3v) is 12.4. The fourth-order valence-electron chi connectivity index (χ4n) is 7.36. The predicted octanol–water partition coefficient (Wildman–Crippen LogP) is 8.36. The number of piperazine rings is 1. The van der Waals surface area contributed by atoms with Crippen LogP contribution in [0.2, 0.25) is 5.02 Å². The van der Waals surface area contributed by atoms with E-state index in [1.54, 1.807) is 67.3 Å². The second-order valence-electron chi connectivity index (χ2n) is 15.0. The molecule has 1 fully saturated rings. The Morgan fingerprint density at radius 3 is 2.50 bits per heavy atom. The van der Waals surface area contributed by atoms with E-state index in [4.69, 9.17) is 30.8 Å². The summed E-state index contributed by atoms with van der Waals surface area (Å²) in [4.78, 5) is 37.0. The number of pyridine rings is 2. The zero-order chi connectivity index (χ0) is 43.2. The highest BCUT2D eigenvalue weighted by Crippen LogP contribution is 2.50. The van der Waals surface area contributed by atoms with E-state index in [0.29, 0.717) is 67.3 Å². The number of hydrogen-bond acceptors (Lipinski definition) is 12. The molecule has 3 aromatic carbocycles. The number of aliphatic carboxylic acids is 1. The Morgan fingerprint density at radius 2 is 1.71 bits per heavy atom. The summed E-state index contributed by atoms with van der Waals surface area (Å²) in [5.41, 5.74) is 5.52. The van der Waals surface area contributed by atoms with Crippen LogP contribution in [-0.4, -0.2) is 98.4 Å². The normalized spacial score (nSPS) is 13.9. The summed E-state index contributed by atoms with van der Waals surface area (Å²) in [5, 5.41) is 21.2. The predicted molar refractivity (Wildman–Crippen MR) is 237 cm³/mol. The van der Waals surface area contributed by atoms with Crippen LogP contribution in [0.25, 0.3) is 43.2 Å². The van der Waals surface area contributed by atoms with Crippen LogP contribution in [0, 0.1) is 12.7 Å². The molecule has 1 unspecified atom stereocenters. The van der Waals surface area contributed by atoms with Gasteiger partial charge in [-0.25, -0.2) is 24.1 Å². The summed E-state index contributed by atoms with van der Waals surface area (Å²) < 4.78 is 33.1. The molecule has 2 N–H and O–H groups in total. The van der Waals surface area contributed by atoms with Gasteiger partial charge < -0.3 is 29.3 Å². The van der Waals surface area contributed by atoms with Crippen LogP contribution in [0.15, 0.2) is 104 Å². The minimum atomic E-state index is -1.33. The fourth-order valence-corrected chi connectivity index (χ4v) is 8.76. The van der Waals surface area contributed by atoms with Gasteiger partial charge in [0.25, 0.3) is 0 Å². The van der Waals surface area contributed by atoms with Gasteiger partial charge in [0.2, 0.25) is 0 Å². The summed E-state index contributed by atoms with van der Waals surface area (Å²) in [5.74, 6) is 0.245. The quantitative estimate of drug-likeness (QED) is 0.0964. The maximum Gasteiger partial charge on any atom is 0.345 e. The van der Waals surface area contributed by atoms with Gasteiger partial charge in [-0.1, -0.05) is 48.0 Å². The van der Waals surface area contributed by atoms with Crippen LogP contribution in [0.3, 0.4) is 0 Å². The van der Waals surface area contributed by atoms with Crippen molar-refractivity contribution in [2.75, 3.05) is 46.4 Å². The second-order valence-corrected chi connectivity index (χ2v) is 16.4. The molecule has 8 rings (SSSR count). The number of aliphatic hydroxyl groups excluding tert-OH is 1. The van der Waals surface area contributed by atoms with E-state index < -0.39 is 12.1 Å². The molecule has 0 saturated carbocycles. The number of fused-ring (bicyclic) bond motifs is 1. The van der Waals surface area contributed by atoms with Crippen LogP contribution in [0.4, 0.5) is 4.39 Å². The number of aromatic nitrogens is 4. The summed E-state index contributed by atoms with van der Waals surface area (Å²) in [6.45, 7) is 7.11. The molecule has 1 aliphatic heterocycles. The van der Waals surface area contributed by atoms with Crippen LogP contribution < -0.4 is 14.2 Å². The molecule has 318 valence electrons.